The van der Waals surface area contributed by atoms with Crippen molar-refractivity contribution >= 4 is 29.1 Å². The first-order valence-electron chi connectivity index (χ1n) is 7.67. The topological polar surface area (TPSA) is 121 Å². The first kappa shape index (κ1) is 18.5. The Labute approximate surface area is 156 Å². The molecule has 0 radical (unpaired) electrons. The number of hydrogen-bond acceptors (Lipinski definition) is 6. The monoisotopic (exact) mass is 393 g/mol. The summed E-state index contributed by atoms with van der Waals surface area (Å²) in [4.78, 5) is 26.3. The summed E-state index contributed by atoms with van der Waals surface area (Å²) in [5, 5.41) is 21.3. The number of nitrogens with zero attached hydrogens (tertiary/aromatic N) is 6. The van der Waals surface area contributed by atoms with Gasteiger partial charge in [-0.05, 0) is 19.1 Å². The number of carbonyl (C=O) groups is 1. The van der Waals surface area contributed by atoms with Gasteiger partial charge in [0.25, 0.3) is 5.91 Å². The van der Waals surface area contributed by atoms with Crippen LogP contribution in [0.1, 0.15) is 18.5 Å². The van der Waals surface area contributed by atoms with E-state index in [2.05, 4.69) is 20.5 Å². The highest BCUT2D eigenvalue weighted by molar-refractivity contribution is 6.31. The van der Waals surface area contributed by atoms with Crippen LogP contribution < -0.4 is 5.32 Å². The quantitative estimate of drug-likeness (QED) is 0.507. The molecule has 10 nitrogen and oxygen atoms in total. The molecule has 1 N–H and O–H groups in total. The molecule has 1 unspecified atom stereocenters. The van der Waals surface area contributed by atoms with E-state index in [1.165, 1.54) is 30.1 Å². The minimum absolute atomic E-state index is 0.000896. The Morgan fingerprint density at radius 2 is 2.26 bits per heavy atom. The number of nitro groups is 1. The first-order valence-corrected chi connectivity index (χ1v) is 8.04. The third kappa shape index (κ3) is 4.08. The Bertz CT molecular complexity index is 983. The van der Waals surface area contributed by atoms with Crippen molar-refractivity contribution in [2.75, 3.05) is 5.32 Å². The van der Waals surface area contributed by atoms with Gasteiger partial charge in [0.1, 0.15) is 30.6 Å². The lowest BCUT2D eigenvalue weighted by atomic mass is 10.2. The summed E-state index contributed by atoms with van der Waals surface area (Å²) in [6.45, 7) is 1.55. The summed E-state index contributed by atoms with van der Waals surface area (Å²) in [6.07, 6.45) is 3.52. The van der Waals surface area contributed by atoms with Crippen LogP contribution in [-0.4, -0.2) is 35.4 Å². The van der Waals surface area contributed by atoms with Crippen molar-refractivity contribution < 1.29 is 14.1 Å². The molecule has 3 aromatic rings. The molecule has 1 aromatic carbocycles. The van der Waals surface area contributed by atoms with E-state index in [9.17, 15) is 19.3 Å². The lowest BCUT2D eigenvalue weighted by molar-refractivity contribution is -0.385. The largest absolute Gasteiger partial charge is 0.307 e. The summed E-state index contributed by atoms with van der Waals surface area (Å²) in [7, 11) is 0. The van der Waals surface area contributed by atoms with E-state index in [1.54, 1.807) is 6.07 Å². The van der Waals surface area contributed by atoms with E-state index in [-0.39, 0.29) is 28.8 Å². The predicted molar refractivity (Wildman–Crippen MR) is 92.8 cm³/mol. The fourth-order valence-corrected chi connectivity index (χ4v) is 2.47. The van der Waals surface area contributed by atoms with Gasteiger partial charge in [0.05, 0.1) is 11.5 Å². The maximum absolute atomic E-state index is 13.8. The van der Waals surface area contributed by atoms with Crippen molar-refractivity contribution in [1.82, 2.24) is 24.5 Å². The Kier molecular flexibility index (Phi) is 5.12. The van der Waals surface area contributed by atoms with Gasteiger partial charge >= 0.3 is 5.69 Å². The average Bonchev–Trinajstić information content (AvgIpc) is 3.27. The molecule has 0 aliphatic heterocycles. The van der Waals surface area contributed by atoms with Gasteiger partial charge in [-0.3, -0.25) is 24.9 Å². The molecular formula is C15H13ClFN7O3. The molecule has 0 bridgehead atoms. The number of nitrogens with one attached hydrogen (secondary N) is 1. The maximum atomic E-state index is 13.8. The third-order valence-corrected chi connectivity index (χ3v) is 4.08. The smallest absolute Gasteiger partial charge is 0.291 e. The number of benzene rings is 1. The van der Waals surface area contributed by atoms with Gasteiger partial charge < -0.3 is 0 Å². The summed E-state index contributed by atoms with van der Waals surface area (Å²) < 4.78 is 16.3. The van der Waals surface area contributed by atoms with Gasteiger partial charge in [0.15, 0.2) is 0 Å². The van der Waals surface area contributed by atoms with Crippen LogP contribution in [0.25, 0.3) is 0 Å². The van der Waals surface area contributed by atoms with Crippen LogP contribution in [0.2, 0.25) is 5.02 Å². The van der Waals surface area contributed by atoms with Crippen molar-refractivity contribution in [3.63, 3.8) is 0 Å². The van der Waals surface area contributed by atoms with Gasteiger partial charge in [-0.15, -0.1) is 5.10 Å². The van der Waals surface area contributed by atoms with E-state index < -0.39 is 22.7 Å². The third-order valence-electron chi connectivity index (χ3n) is 3.73. The zero-order valence-corrected chi connectivity index (χ0v) is 14.7. The molecule has 0 aliphatic carbocycles. The van der Waals surface area contributed by atoms with Gasteiger partial charge in [-0.1, -0.05) is 17.7 Å². The number of carbonyl (C=O) groups excluding carboxylic acids is 1. The highest BCUT2D eigenvalue weighted by Crippen LogP contribution is 2.20. The summed E-state index contributed by atoms with van der Waals surface area (Å²) >= 11 is 5.98. The van der Waals surface area contributed by atoms with Crippen molar-refractivity contribution in [3.05, 3.63) is 63.4 Å². The minimum Gasteiger partial charge on any atom is -0.291 e. The maximum Gasteiger partial charge on any atom is 0.307 e. The van der Waals surface area contributed by atoms with Gasteiger partial charge in [-0.2, -0.15) is 5.10 Å². The number of anilines is 1. The lowest BCUT2D eigenvalue weighted by Crippen LogP contribution is -2.24. The van der Waals surface area contributed by atoms with Crippen LogP contribution in [-0.2, 0) is 11.3 Å². The van der Waals surface area contributed by atoms with Crippen LogP contribution in [0.15, 0.2) is 36.9 Å². The number of hydrogen-bond donors (Lipinski definition) is 1. The van der Waals surface area contributed by atoms with E-state index in [0.717, 1.165) is 17.1 Å². The molecule has 2 heterocycles. The van der Waals surface area contributed by atoms with Crippen molar-refractivity contribution in [2.24, 2.45) is 0 Å². The zero-order valence-electron chi connectivity index (χ0n) is 13.9. The van der Waals surface area contributed by atoms with Gasteiger partial charge in [-0.25, -0.2) is 14.1 Å². The number of halogens is 2. The lowest BCUT2D eigenvalue weighted by Gasteiger charge is -2.10. The second kappa shape index (κ2) is 7.50. The van der Waals surface area contributed by atoms with Crippen LogP contribution in [0.3, 0.4) is 0 Å². The molecule has 1 amide bonds. The van der Waals surface area contributed by atoms with Crippen LogP contribution in [0.5, 0.6) is 0 Å². The van der Waals surface area contributed by atoms with Crippen LogP contribution >= 0.6 is 11.6 Å². The molecule has 12 heteroatoms. The molecule has 0 aliphatic rings. The molecule has 3 rings (SSSR count). The van der Waals surface area contributed by atoms with E-state index >= 15 is 0 Å². The second-order valence-corrected chi connectivity index (χ2v) is 5.97. The molecule has 0 saturated heterocycles. The Morgan fingerprint density at radius 3 is 2.93 bits per heavy atom. The molecule has 2 aromatic heterocycles. The van der Waals surface area contributed by atoms with Gasteiger partial charge in [0, 0.05) is 10.6 Å². The van der Waals surface area contributed by atoms with Crippen LogP contribution in [0, 0.1) is 15.9 Å². The highest BCUT2D eigenvalue weighted by Gasteiger charge is 2.20. The van der Waals surface area contributed by atoms with E-state index in [0.29, 0.717) is 0 Å². The molecule has 0 spiro atoms. The first-order chi connectivity index (χ1) is 12.8. The fraction of sp³-hybridized carbons (Fsp3) is 0.200. The summed E-state index contributed by atoms with van der Waals surface area (Å²) in [6, 6.07) is 3.51. The standard InChI is InChI=1S/C15H13ClFN7O3/c1-9(23-6-10(5-19-23)24(26)27)14(25)20-15-18-8-22(21-15)7-11-12(16)3-2-4-13(11)17/h2-6,8-9H,7H2,1H3,(H,20,21,25). The fourth-order valence-electron chi connectivity index (χ4n) is 2.24. The molecule has 0 fully saturated rings. The van der Waals surface area contributed by atoms with E-state index in [4.69, 9.17) is 11.6 Å². The number of amides is 1. The van der Waals surface area contributed by atoms with Crippen molar-refractivity contribution in [1.29, 1.82) is 0 Å². The Morgan fingerprint density at radius 1 is 1.48 bits per heavy atom. The number of aromatic nitrogens is 5. The molecular weight excluding hydrogens is 381 g/mol. The molecule has 0 saturated carbocycles. The second-order valence-electron chi connectivity index (χ2n) is 5.57. The van der Waals surface area contributed by atoms with Gasteiger partial charge in [0.2, 0.25) is 5.95 Å². The minimum atomic E-state index is -0.827. The van der Waals surface area contributed by atoms with E-state index in [1.807, 2.05) is 0 Å². The normalized spacial score (nSPS) is 12.0. The average molecular weight is 394 g/mol. The van der Waals surface area contributed by atoms with Crippen LogP contribution in [0.4, 0.5) is 16.0 Å². The predicted octanol–water partition coefficient (Wildman–Crippen LogP) is 2.42. The summed E-state index contributed by atoms with van der Waals surface area (Å²) in [5.41, 5.74) is 0.0259. The number of rotatable bonds is 6. The zero-order chi connectivity index (χ0) is 19.6. The van der Waals surface area contributed by atoms with Crippen molar-refractivity contribution in [3.8, 4) is 0 Å². The SMILES string of the molecule is CC(C(=O)Nc1ncn(Cc2c(F)cccc2Cl)n1)n1cc([N+](=O)[O-])cn1. The molecule has 1 atom stereocenters. The summed E-state index contributed by atoms with van der Waals surface area (Å²) in [5.74, 6) is -0.992. The molecule has 27 heavy (non-hydrogen) atoms. The Balaban J connectivity index is 1.67. The van der Waals surface area contributed by atoms with Crippen molar-refractivity contribution in [2.45, 2.75) is 19.5 Å². The molecule has 140 valence electrons. The Hall–Kier alpha value is -3.34. The highest BCUT2D eigenvalue weighted by atomic mass is 35.5.